The molecule has 0 aliphatic carbocycles. The highest BCUT2D eigenvalue weighted by atomic mass is 19.4. The topological polar surface area (TPSA) is 82.5 Å². The van der Waals surface area contributed by atoms with Crippen LogP contribution < -0.4 is 10.1 Å². The fourth-order valence-electron chi connectivity index (χ4n) is 2.94. The van der Waals surface area contributed by atoms with Crippen molar-refractivity contribution in [2.24, 2.45) is 0 Å². The van der Waals surface area contributed by atoms with E-state index < -0.39 is 30.6 Å². The zero-order valence-electron chi connectivity index (χ0n) is 17.5. The number of esters is 1. The summed E-state index contributed by atoms with van der Waals surface area (Å²) >= 11 is 0. The standard InChI is InChI=1S/C22H20F3N3O4/c1-13-4-8-17(9-5-13)28-15(3)20(14(2)27-28)26-19(29)12-31-21(30)16-6-10-18(11-7-16)32-22(23,24)25/h4-11H,12H2,1-3H3,(H,26,29). The van der Waals surface area contributed by atoms with Gasteiger partial charge in [0, 0.05) is 0 Å². The maximum atomic E-state index is 12.3. The smallest absolute Gasteiger partial charge is 0.452 e. The van der Waals surface area contributed by atoms with E-state index in [-0.39, 0.29) is 5.56 Å². The van der Waals surface area contributed by atoms with Crippen LogP contribution >= 0.6 is 0 Å². The molecule has 0 saturated heterocycles. The lowest BCUT2D eigenvalue weighted by molar-refractivity contribution is -0.274. The van der Waals surface area contributed by atoms with E-state index in [4.69, 9.17) is 4.74 Å². The van der Waals surface area contributed by atoms with Crippen LogP contribution in [0.15, 0.2) is 48.5 Å². The van der Waals surface area contributed by atoms with Crippen molar-refractivity contribution in [3.8, 4) is 11.4 Å². The highest BCUT2D eigenvalue weighted by Gasteiger charge is 2.31. The van der Waals surface area contributed by atoms with Crippen molar-refractivity contribution in [1.29, 1.82) is 0 Å². The van der Waals surface area contributed by atoms with Gasteiger partial charge in [-0.3, -0.25) is 4.79 Å². The first-order valence-electron chi connectivity index (χ1n) is 9.49. The molecule has 1 N–H and O–H groups in total. The number of hydrogen-bond donors (Lipinski definition) is 1. The average Bonchev–Trinajstić information content (AvgIpc) is 3.00. The first kappa shape index (κ1) is 22.9. The minimum atomic E-state index is -4.83. The number of hydrogen-bond acceptors (Lipinski definition) is 5. The van der Waals surface area contributed by atoms with Gasteiger partial charge in [0.2, 0.25) is 0 Å². The normalized spacial score (nSPS) is 11.2. The van der Waals surface area contributed by atoms with E-state index in [0.717, 1.165) is 35.5 Å². The molecule has 0 spiro atoms. The van der Waals surface area contributed by atoms with Crippen LogP contribution in [-0.4, -0.2) is 34.6 Å². The maximum absolute atomic E-state index is 12.3. The minimum absolute atomic E-state index is 0.0214. The quantitative estimate of drug-likeness (QED) is 0.563. The molecule has 2 aromatic carbocycles. The van der Waals surface area contributed by atoms with Gasteiger partial charge in [0.25, 0.3) is 5.91 Å². The molecule has 0 fully saturated rings. The van der Waals surface area contributed by atoms with E-state index in [0.29, 0.717) is 17.1 Å². The van der Waals surface area contributed by atoms with Crippen molar-refractivity contribution in [2.45, 2.75) is 27.1 Å². The van der Waals surface area contributed by atoms with Gasteiger partial charge in [-0.25, -0.2) is 9.48 Å². The van der Waals surface area contributed by atoms with E-state index in [9.17, 15) is 22.8 Å². The Kier molecular flexibility index (Phi) is 6.52. The van der Waals surface area contributed by atoms with E-state index in [1.54, 1.807) is 18.5 Å². The molecule has 1 amide bonds. The number of ether oxygens (including phenoxy) is 2. The monoisotopic (exact) mass is 447 g/mol. The van der Waals surface area contributed by atoms with Crippen LogP contribution in [-0.2, 0) is 9.53 Å². The third kappa shape index (κ3) is 5.65. The minimum Gasteiger partial charge on any atom is -0.452 e. The van der Waals surface area contributed by atoms with E-state index in [1.807, 2.05) is 31.2 Å². The number of nitrogens with zero attached hydrogens (tertiary/aromatic N) is 2. The molecule has 32 heavy (non-hydrogen) atoms. The summed E-state index contributed by atoms with van der Waals surface area (Å²) in [6.07, 6.45) is -4.83. The number of carbonyl (C=O) groups is 2. The highest BCUT2D eigenvalue weighted by molar-refractivity contribution is 5.96. The molecule has 168 valence electrons. The summed E-state index contributed by atoms with van der Waals surface area (Å²) in [5.41, 5.74) is 3.70. The Balaban J connectivity index is 1.60. The van der Waals surface area contributed by atoms with Gasteiger partial charge < -0.3 is 14.8 Å². The lowest BCUT2D eigenvalue weighted by atomic mass is 10.2. The number of aryl methyl sites for hydroxylation is 2. The Morgan fingerprint density at radius 1 is 1.00 bits per heavy atom. The Bertz CT molecular complexity index is 1120. The van der Waals surface area contributed by atoms with Gasteiger partial charge in [0.15, 0.2) is 6.61 Å². The van der Waals surface area contributed by atoms with Crippen LogP contribution in [0.4, 0.5) is 18.9 Å². The van der Waals surface area contributed by atoms with Gasteiger partial charge >= 0.3 is 12.3 Å². The summed E-state index contributed by atoms with van der Waals surface area (Å²) in [6, 6.07) is 11.9. The summed E-state index contributed by atoms with van der Waals surface area (Å²) in [4.78, 5) is 24.4. The molecule has 7 nitrogen and oxygen atoms in total. The number of nitrogens with one attached hydrogen (secondary N) is 1. The number of halogens is 3. The summed E-state index contributed by atoms with van der Waals surface area (Å²) < 4.78 is 47.0. The highest BCUT2D eigenvalue weighted by Crippen LogP contribution is 2.24. The Labute approximate surface area is 181 Å². The molecule has 1 heterocycles. The fourth-order valence-corrected chi connectivity index (χ4v) is 2.94. The second-order valence-electron chi connectivity index (χ2n) is 6.99. The van der Waals surface area contributed by atoms with Gasteiger partial charge in [0.1, 0.15) is 5.75 Å². The summed E-state index contributed by atoms with van der Waals surface area (Å²) in [7, 11) is 0. The van der Waals surface area contributed by atoms with Crippen LogP contribution in [0.5, 0.6) is 5.75 Å². The second kappa shape index (κ2) is 9.13. The predicted molar refractivity (Wildman–Crippen MR) is 110 cm³/mol. The molecule has 3 rings (SSSR count). The Morgan fingerprint density at radius 3 is 2.22 bits per heavy atom. The molecule has 0 aliphatic heterocycles. The van der Waals surface area contributed by atoms with Gasteiger partial charge in [-0.15, -0.1) is 13.2 Å². The molecule has 0 bridgehead atoms. The lowest BCUT2D eigenvalue weighted by Crippen LogP contribution is -2.21. The molecular formula is C22H20F3N3O4. The van der Waals surface area contributed by atoms with Crippen LogP contribution in [0.1, 0.15) is 27.3 Å². The van der Waals surface area contributed by atoms with Crippen molar-refractivity contribution in [2.75, 3.05) is 11.9 Å². The van der Waals surface area contributed by atoms with E-state index in [1.165, 1.54) is 0 Å². The third-order valence-corrected chi connectivity index (χ3v) is 4.49. The summed E-state index contributed by atoms with van der Waals surface area (Å²) in [5.74, 6) is -1.91. The lowest BCUT2D eigenvalue weighted by Gasteiger charge is -2.10. The van der Waals surface area contributed by atoms with Crippen LogP contribution in [0.25, 0.3) is 5.69 Å². The van der Waals surface area contributed by atoms with Crippen molar-refractivity contribution < 1.29 is 32.2 Å². The van der Waals surface area contributed by atoms with Gasteiger partial charge in [-0.1, -0.05) is 17.7 Å². The molecular weight excluding hydrogens is 427 g/mol. The fraction of sp³-hybridized carbons (Fsp3) is 0.227. The number of amides is 1. The summed E-state index contributed by atoms with van der Waals surface area (Å²) in [5, 5.41) is 7.12. The van der Waals surface area contributed by atoms with E-state index >= 15 is 0 Å². The van der Waals surface area contributed by atoms with Gasteiger partial charge in [-0.05, 0) is 57.2 Å². The molecule has 3 aromatic rings. The third-order valence-electron chi connectivity index (χ3n) is 4.49. The number of aromatic nitrogens is 2. The first-order chi connectivity index (χ1) is 15.0. The largest absolute Gasteiger partial charge is 0.573 e. The Hall–Kier alpha value is -3.82. The zero-order chi connectivity index (χ0) is 23.5. The van der Waals surface area contributed by atoms with Crippen LogP contribution in [0.3, 0.4) is 0 Å². The maximum Gasteiger partial charge on any atom is 0.573 e. The molecule has 0 saturated carbocycles. The first-order valence-corrected chi connectivity index (χ1v) is 9.49. The van der Waals surface area contributed by atoms with Crippen LogP contribution in [0.2, 0.25) is 0 Å². The second-order valence-corrected chi connectivity index (χ2v) is 6.99. The Morgan fingerprint density at radius 2 is 1.62 bits per heavy atom. The van der Waals surface area contributed by atoms with Crippen molar-refractivity contribution in [1.82, 2.24) is 9.78 Å². The number of benzene rings is 2. The molecule has 0 aliphatic rings. The number of carbonyl (C=O) groups excluding carboxylic acids is 2. The number of anilines is 1. The average molecular weight is 447 g/mol. The SMILES string of the molecule is Cc1ccc(-n2nc(C)c(NC(=O)COC(=O)c3ccc(OC(F)(F)F)cc3)c2C)cc1. The van der Waals surface area contributed by atoms with E-state index in [2.05, 4.69) is 15.2 Å². The molecule has 0 atom stereocenters. The van der Waals surface area contributed by atoms with Crippen molar-refractivity contribution in [3.63, 3.8) is 0 Å². The van der Waals surface area contributed by atoms with Crippen LogP contribution in [0, 0.1) is 20.8 Å². The van der Waals surface area contributed by atoms with Crippen molar-refractivity contribution >= 4 is 17.6 Å². The van der Waals surface area contributed by atoms with Crippen molar-refractivity contribution in [3.05, 3.63) is 71.0 Å². The molecule has 10 heteroatoms. The number of alkyl halides is 3. The predicted octanol–water partition coefficient (Wildman–Crippen LogP) is 4.49. The summed E-state index contributed by atoms with van der Waals surface area (Å²) in [6.45, 7) is 4.94. The van der Waals surface area contributed by atoms with Gasteiger partial charge in [0.05, 0.1) is 28.3 Å². The zero-order valence-corrected chi connectivity index (χ0v) is 17.5. The molecule has 0 unspecified atom stereocenters. The van der Waals surface area contributed by atoms with Gasteiger partial charge in [-0.2, -0.15) is 5.10 Å². The molecule has 0 radical (unpaired) electrons. The molecule has 1 aromatic heterocycles. The number of rotatable bonds is 6.